The van der Waals surface area contributed by atoms with Crippen LogP contribution in [0.1, 0.15) is 23.2 Å². The molecule has 3 aromatic rings. The van der Waals surface area contributed by atoms with Crippen molar-refractivity contribution in [2.45, 2.75) is 26.8 Å². The number of nitrogens with one attached hydrogen (secondary N) is 1. The topological polar surface area (TPSA) is 38.6 Å². The SMILES string of the molecule is C=C(C)COc1ccc(-c2nc3sc4c(n3c2C)CCNC4)cc1. The van der Waals surface area contributed by atoms with E-state index in [1.165, 1.54) is 16.3 Å². The second kappa shape index (κ2) is 6.07. The number of benzene rings is 1. The van der Waals surface area contributed by atoms with E-state index in [-0.39, 0.29) is 0 Å². The van der Waals surface area contributed by atoms with Gasteiger partial charge >= 0.3 is 0 Å². The second-order valence-corrected chi connectivity index (χ2v) is 7.39. The van der Waals surface area contributed by atoms with Gasteiger partial charge in [0.05, 0.1) is 5.69 Å². The molecule has 1 aliphatic rings. The van der Waals surface area contributed by atoms with Crippen LogP contribution in [0.15, 0.2) is 36.4 Å². The summed E-state index contributed by atoms with van der Waals surface area (Å²) in [6.45, 7) is 10.5. The number of rotatable bonds is 4. The van der Waals surface area contributed by atoms with Crippen molar-refractivity contribution in [3.63, 3.8) is 0 Å². The molecule has 0 saturated heterocycles. The van der Waals surface area contributed by atoms with Crippen molar-refractivity contribution in [2.24, 2.45) is 0 Å². The number of fused-ring (bicyclic) bond motifs is 3. The van der Waals surface area contributed by atoms with Gasteiger partial charge in [-0.05, 0) is 43.7 Å². The van der Waals surface area contributed by atoms with Crippen LogP contribution in [0.3, 0.4) is 0 Å². The fourth-order valence-corrected chi connectivity index (χ4v) is 4.32. The van der Waals surface area contributed by atoms with Crippen LogP contribution >= 0.6 is 11.3 Å². The van der Waals surface area contributed by atoms with Crippen molar-refractivity contribution in [2.75, 3.05) is 13.2 Å². The van der Waals surface area contributed by atoms with Crippen molar-refractivity contribution in [3.05, 3.63) is 52.7 Å². The Bertz CT molecular complexity index is 905. The van der Waals surface area contributed by atoms with Crippen LogP contribution in [0, 0.1) is 6.92 Å². The summed E-state index contributed by atoms with van der Waals surface area (Å²) in [5.74, 6) is 0.865. The number of imidazole rings is 1. The minimum absolute atomic E-state index is 0.554. The Kier molecular flexibility index (Phi) is 3.90. The molecule has 5 heteroatoms. The Morgan fingerprint density at radius 3 is 2.92 bits per heavy atom. The van der Waals surface area contributed by atoms with E-state index in [9.17, 15) is 0 Å². The molecule has 0 aliphatic carbocycles. The van der Waals surface area contributed by atoms with E-state index in [0.717, 1.165) is 47.1 Å². The van der Waals surface area contributed by atoms with Crippen LogP contribution in [-0.4, -0.2) is 22.5 Å². The molecule has 0 amide bonds. The zero-order chi connectivity index (χ0) is 16.7. The summed E-state index contributed by atoms with van der Waals surface area (Å²) in [5.41, 5.74) is 5.86. The van der Waals surface area contributed by atoms with Crippen LogP contribution in [0.2, 0.25) is 0 Å². The molecule has 2 aromatic heterocycles. The predicted molar refractivity (Wildman–Crippen MR) is 99.0 cm³/mol. The molecule has 1 N–H and O–H groups in total. The Labute approximate surface area is 145 Å². The van der Waals surface area contributed by atoms with Gasteiger partial charge in [0.25, 0.3) is 0 Å². The molecule has 1 aromatic carbocycles. The molecule has 0 atom stereocenters. The molecule has 0 fully saturated rings. The molecule has 0 radical (unpaired) electrons. The molecule has 1 aliphatic heterocycles. The summed E-state index contributed by atoms with van der Waals surface area (Å²) in [6.07, 6.45) is 1.07. The molecule has 4 nitrogen and oxygen atoms in total. The van der Waals surface area contributed by atoms with Crippen LogP contribution in [0.25, 0.3) is 16.2 Å². The van der Waals surface area contributed by atoms with Gasteiger partial charge in [-0.15, -0.1) is 0 Å². The van der Waals surface area contributed by atoms with Gasteiger partial charge in [0.2, 0.25) is 0 Å². The van der Waals surface area contributed by atoms with Crippen molar-refractivity contribution in [3.8, 4) is 17.0 Å². The summed E-state index contributed by atoms with van der Waals surface area (Å²) < 4.78 is 8.01. The molecule has 4 rings (SSSR count). The van der Waals surface area contributed by atoms with Gasteiger partial charge < -0.3 is 10.1 Å². The van der Waals surface area contributed by atoms with Crippen molar-refractivity contribution < 1.29 is 4.74 Å². The molecular formula is C19H21N3OS. The fourth-order valence-electron chi connectivity index (χ4n) is 3.14. The molecule has 124 valence electrons. The third kappa shape index (κ3) is 2.64. The molecule has 0 saturated carbocycles. The van der Waals surface area contributed by atoms with Crippen LogP contribution in [-0.2, 0) is 13.0 Å². The van der Waals surface area contributed by atoms with Crippen LogP contribution in [0.5, 0.6) is 5.75 Å². The highest BCUT2D eigenvalue weighted by Gasteiger charge is 2.20. The van der Waals surface area contributed by atoms with E-state index in [1.54, 1.807) is 11.3 Å². The minimum Gasteiger partial charge on any atom is -0.489 e. The normalized spacial score (nSPS) is 13.9. The van der Waals surface area contributed by atoms with E-state index < -0.39 is 0 Å². The van der Waals surface area contributed by atoms with Crippen LogP contribution in [0.4, 0.5) is 0 Å². The van der Waals surface area contributed by atoms with Crippen molar-refractivity contribution in [1.82, 2.24) is 14.7 Å². The van der Waals surface area contributed by atoms with E-state index in [0.29, 0.717) is 6.61 Å². The van der Waals surface area contributed by atoms with Gasteiger partial charge in [0, 0.05) is 41.3 Å². The quantitative estimate of drug-likeness (QED) is 0.731. The Hall–Kier alpha value is -2.11. The van der Waals surface area contributed by atoms with Gasteiger partial charge in [-0.2, -0.15) is 0 Å². The van der Waals surface area contributed by atoms with Gasteiger partial charge in [-0.25, -0.2) is 4.98 Å². The average molecular weight is 339 g/mol. The zero-order valence-corrected chi connectivity index (χ0v) is 14.9. The Balaban J connectivity index is 1.68. The van der Waals surface area contributed by atoms with Gasteiger partial charge in [-0.3, -0.25) is 4.40 Å². The molecular weight excluding hydrogens is 318 g/mol. The number of aromatic nitrogens is 2. The first-order chi connectivity index (χ1) is 11.6. The maximum atomic E-state index is 5.68. The monoisotopic (exact) mass is 339 g/mol. The number of ether oxygens (including phenoxy) is 1. The number of hydrogen-bond donors (Lipinski definition) is 1. The van der Waals surface area contributed by atoms with Gasteiger partial charge in [0.15, 0.2) is 4.96 Å². The lowest BCUT2D eigenvalue weighted by atomic mass is 10.1. The Morgan fingerprint density at radius 1 is 1.38 bits per heavy atom. The van der Waals surface area contributed by atoms with Crippen molar-refractivity contribution >= 4 is 16.3 Å². The highest BCUT2D eigenvalue weighted by Crippen LogP contribution is 2.32. The summed E-state index contributed by atoms with van der Waals surface area (Å²) in [7, 11) is 0. The molecule has 0 spiro atoms. The second-order valence-electron chi connectivity index (χ2n) is 6.33. The van der Waals surface area contributed by atoms with E-state index in [1.807, 2.05) is 19.1 Å². The first kappa shape index (κ1) is 15.4. The lowest BCUT2D eigenvalue weighted by molar-refractivity contribution is 0.353. The summed E-state index contributed by atoms with van der Waals surface area (Å²) in [6, 6.07) is 8.18. The van der Waals surface area contributed by atoms with E-state index in [4.69, 9.17) is 9.72 Å². The standard InChI is InChI=1S/C19H21N3OS/c1-12(2)11-23-15-6-4-14(5-7-15)18-13(3)22-16-8-9-20-10-17(16)24-19(22)21-18/h4-7,20H,1,8-11H2,2-3H3. The van der Waals surface area contributed by atoms with Gasteiger partial charge in [-0.1, -0.05) is 17.9 Å². The molecule has 24 heavy (non-hydrogen) atoms. The van der Waals surface area contributed by atoms with Crippen molar-refractivity contribution in [1.29, 1.82) is 0 Å². The number of thiazole rings is 1. The predicted octanol–water partition coefficient (Wildman–Crippen LogP) is 3.97. The lowest BCUT2D eigenvalue weighted by Crippen LogP contribution is -2.23. The van der Waals surface area contributed by atoms with Gasteiger partial charge in [0.1, 0.15) is 12.4 Å². The average Bonchev–Trinajstić information content (AvgIpc) is 3.10. The molecule has 0 bridgehead atoms. The smallest absolute Gasteiger partial charge is 0.194 e. The largest absolute Gasteiger partial charge is 0.489 e. The highest BCUT2D eigenvalue weighted by molar-refractivity contribution is 7.17. The highest BCUT2D eigenvalue weighted by atomic mass is 32.1. The maximum Gasteiger partial charge on any atom is 0.194 e. The third-order valence-electron chi connectivity index (χ3n) is 4.32. The van der Waals surface area contributed by atoms with Crippen LogP contribution < -0.4 is 10.1 Å². The number of aryl methyl sites for hydroxylation is 1. The maximum absolute atomic E-state index is 5.68. The third-order valence-corrected chi connectivity index (χ3v) is 5.40. The molecule has 3 heterocycles. The zero-order valence-electron chi connectivity index (χ0n) is 14.1. The Morgan fingerprint density at radius 2 is 2.17 bits per heavy atom. The van der Waals surface area contributed by atoms with E-state index >= 15 is 0 Å². The summed E-state index contributed by atoms with van der Waals surface area (Å²) >= 11 is 1.80. The number of nitrogens with zero attached hydrogens (tertiary/aromatic N) is 2. The lowest BCUT2D eigenvalue weighted by Gasteiger charge is -2.13. The number of hydrogen-bond acceptors (Lipinski definition) is 4. The summed E-state index contributed by atoms with van der Waals surface area (Å²) in [5, 5.41) is 3.43. The van der Waals surface area contributed by atoms with E-state index in [2.05, 4.69) is 35.4 Å². The fraction of sp³-hybridized carbons (Fsp3) is 0.316. The first-order valence-corrected chi connectivity index (χ1v) is 9.03. The summed E-state index contributed by atoms with van der Waals surface area (Å²) in [4.78, 5) is 7.40. The minimum atomic E-state index is 0.554. The molecule has 0 unspecified atom stereocenters. The first-order valence-electron chi connectivity index (χ1n) is 8.21.